The van der Waals surface area contributed by atoms with Gasteiger partial charge in [-0.25, -0.2) is 9.55 Å². The van der Waals surface area contributed by atoms with E-state index in [1.54, 1.807) is 45.5 Å². The molecular formula is C27H27N7O3. The Morgan fingerprint density at radius 3 is 2.57 bits per heavy atom. The Labute approximate surface area is 212 Å². The number of fused-ring (bicyclic) bond motifs is 3. The maximum absolute atomic E-state index is 14.0. The van der Waals surface area contributed by atoms with E-state index in [0.29, 0.717) is 40.6 Å². The number of anilines is 1. The number of rotatable bonds is 4. The summed E-state index contributed by atoms with van der Waals surface area (Å²) in [4.78, 5) is 46.2. The van der Waals surface area contributed by atoms with Gasteiger partial charge in [0.25, 0.3) is 17.4 Å². The second kappa shape index (κ2) is 8.29. The fraction of sp³-hybridized carbons (Fsp3) is 0.296. The number of nitrogens with one attached hydrogen (secondary N) is 2. The molecule has 2 aliphatic rings. The van der Waals surface area contributed by atoms with Crippen molar-refractivity contribution in [3.05, 3.63) is 80.9 Å². The minimum Gasteiger partial charge on any atom is -0.355 e. The summed E-state index contributed by atoms with van der Waals surface area (Å²) >= 11 is 0. The van der Waals surface area contributed by atoms with Gasteiger partial charge in [-0.05, 0) is 49.7 Å². The van der Waals surface area contributed by atoms with Gasteiger partial charge in [-0.1, -0.05) is 12.1 Å². The predicted molar refractivity (Wildman–Crippen MR) is 139 cm³/mol. The van der Waals surface area contributed by atoms with Gasteiger partial charge >= 0.3 is 0 Å². The number of nitrogens with zero attached hydrogens (tertiary/aromatic N) is 5. The summed E-state index contributed by atoms with van der Waals surface area (Å²) in [6.45, 7) is 4.17. The Morgan fingerprint density at radius 1 is 1.11 bits per heavy atom. The molecule has 0 spiro atoms. The Bertz CT molecular complexity index is 1650. The first-order chi connectivity index (χ1) is 17.8. The van der Waals surface area contributed by atoms with Crippen LogP contribution in [0.25, 0.3) is 16.6 Å². The molecule has 2 aliphatic heterocycles. The quantitative estimate of drug-likeness (QED) is 0.448. The number of carbonyl (C=O) groups excluding carboxylic acids is 2. The Morgan fingerprint density at radius 2 is 1.86 bits per heavy atom. The molecule has 188 valence electrons. The summed E-state index contributed by atoms with van der Waals surface area (Å²) in [7, 11) is 3.41. The van der Waals surface area contributed by atoms with Crippen LogP contribution in [0.1, 0.15) is 57.6 Å². The van der Waals surface area contributed by atoms with Gasteiger partial charge in [0.2, 0.25) is 5.95 Å². The van der Waals surface area contributed by atoms with E-state index < -0.39 is 0 Å². The molecule has 0 saturated carbocycles. The van der Waals surface area contributed by atoms with Gasteiger partial charge in [0, 0.05) is 43.1 Å². The molecule has 2 N–H and O–H groups in total. The first-order valence-corrected chi connectivity index (χ1v) is 12.3. The van der Waals surface area contributed by atoms with E-state index in [4.69, 9.17) is 4.98 Å². The van der Waals surface area contributed by atoms with E-state index in [2.05, 4.69) is 15.7 Å². The molecule has 0 aliphatic carbocycles. The molecule has 0 saturated heterocycles. The van der Waals surface area contributed by atoms with Crippen LogP contribution in [0.4, 0.5) is 5.95 Å². The maximum atomic E-state index is 14.0. The van der Waals surface area contributed by atoms with Gasteiger partial charge in [0.05, 0.1) is 29.5 Å². The van der Waals surface area contributed by atoms with Crippen molar-refractivity contribution < 1.29 is 9.59 Å². The molecule has 0 radical (unpaired) electrons. The third-order valence-electron chi connectivity index (χ3n) is 7.12. The minimum absolute atomic E-state index is 0.0166. The molecule has 37 heavy (non-hydrogen) atoms. The lowest BCUT2D eigenvalue weighted by atomic mass is 9.87. The molecule has 6 rings (SSSR count). The summed E-state index contributed by atoms with van der Waals surface area (Å²) in [5.41, 5.74) is 4.43. The number of hydrogen-bond donors (Lipinski definition) is 2. The molecule has 4 heterocycles. The average Bonchev–Trinajstić information content (AvgIpc) is 3.23. The number of aromatic nitrogens is 4. The molecule has 0 bridgehead atoms. The molecule has 0 fully saturated rings. The van der Waals surface area contributed by atoms with Crippen molar-refractivity contribution in [3.63, 3.8) is 0 Å². The van der Waals surface area contributed by atoms with Crippen LogP contribution in [0, 0.1) is 0 Å². The van der Waals surface area contributed by atoms with E-state index in [1.165, 1.54) is 0 Å². The largest absolute Gasteiger partial charge is 0.355 e. The van der Waals surface area contributed by atoms with Gasteiger partial charge in [-0.15, -0.1) is 0 Å². The van der Waals surface area contributed by atoms with E-state index in [9.17, 15) is 14.4 Å². The summed E-state index contributed by atoms with van der Waals surface area (Å²) in [6, 6.07) is 12.5. The number of carbonyl (C=O) groups is 2. The highest BCUT2D eigenvalue weighted by molar-refractivity contribution is 6.08. The monoisotopic (exact) mass is 497 g/mol. The fourth-order valence-corrected chi connectivity index (χ4v) is 5.41. The highest BCUT2D eigenvalue weighted by atomic mass is 16.2. The maximum Gasteiger partial charge on any atom is 0.275 e. The minimum atomic E-state index is -0.275. The molecular weight excluding hydrogens is 470 g/mol. The molecule has 4 aromatic rings. The number of hydrogen-bond acceptors (Lipinski definition) is 6. The Balaban J connectivity index is 1.50. The highest BCUT2D eigenvalue weighted by Gasteiger charge is 2.41. The summed E-state index contributed by atoms with van der Waals surface area (Å²) in [5, 5.41) is 11.2. The number of aryl methyl sites for hydroxylation is 1. The SMILES string of the molecule is CNC(=O)c1ccc(-n2c(NC(C)C)nc3c(c2=O)C[C@H]2c4cccc5c4c(nn5C)C(=O)N2C3)cc1. The topological polar surface area (TPSA) is 114 Å². The smallest absolute Gasteiger partial charge is 0.275 e. The van der Waals surface area contributed by atoms with Crippen molar-refractivity contribution in [1.29, 1.82) is 0 Å². The van der Waals surface area contributed by atoms with Crippen LogP contribution in [-0.4, -0.2) is 49.1 Å². The van der Waals surface area contributed by atoms with Crippen LogP contribution in [0.2, 0.25) is 0 Å². The molecule has 1 atom stereocenters. The standard InChI is InChI=1S/C27H27N7O3/c1-14(2)29-27-30-19-13-33-21(17-6-5-7-20-22(17)23(26(33)37)31-32(20)4)12-18(19)25(36)34(27)16-10-8-15(9-11-16)24(35)28-3/h5-11,14,21H,12-13H2,1-4H3,(H,28,35)(H,29,30)/t21-/m0/s1. The third kappa shape index (κ3) is 3.43. The molecule has 2 aromatic carbocycles. The predicted octanol–water partition coefficient (Wildman–Crippen LogP) is 2.55. The van der Waals surface area contributed by atoms with Crippen LogP contribution >= 0.6 is 0 Å². The van der Waals surface area contributed by atoms with Crippen LogP contribution in [0.3, 0.4) is 0 Å². The van der Waals surface area contributed by atoms with Crippen molar-refractivity contribution in [1.82, 2.24) is 29.5 Å². The first kappa shape index (κ1) is 23.0. The number of benzene rings is 2. The van der Waals surface area contributed by atoms with Gasteiger partial charge in [0.1, 0.15) is 0 Å². The van der Waals surface area contributed by atoms with Gasteiger partial charge < -0.3 is 15.5 Å². The van der Waals surface area contributed by atoms with Crippen LogP contribution in [0.5, 0.6) is 0 Å². The normalized spacial score (nSPS) is 16.1. The first-order valence-electron chi connectivity index (χ1n) is 12.3. The van der Waals surface area contributed by atoms with Crippen molar-refractivity contribution in [2.24, 2.45) is 7.05 Å². The highest BCUT2D eigenvalue weighted by Crippen LogP contribution is 2.41. The average molecular weight is 498 g/mol. The summed E-state index contributed by atoms with van der Waals surface area (Å²) in [5.74, 6) is 0.0538. The van der Waals surface area contributed by atoms with Gasteiger partial charge in [0.15, 0.2) is 5.69 Å². The fourth-order valence-electron chi connectivity index (χ4n) is 5.41. The third-order valence-corrected chi connectivity index (χ3v) is 7.12. The van der Waals surface area contributed by atoms with Crippen LogP contribution in [0.15, 0.2) is 47.3 Å². The molecule has 2 aromatic heterocycles. The van der Waals surface area contributed by atoms with E-state index >= 15 is 0 Å². The zero-order valence-electron chi connectivity index (χ0n) is 21.1. The second-order valence-electron chi connectivity index (χ2n) is 9.79. The van der Waals surface area contributed by atoms with Crippen molar-refractivity contribution in [2.45, 2.75) is 38.9 Å². The van der Waals surface area contributed by atoms with Gasteiger partial charge in [-0.2, -0.15) is 5.10 Å². The molecule has 2 amide bonds. The zero-order valence-corrected chi connectivity index (χ0v) is 21.1. The lowest BCUT2D eigenvalue weighted by Gasteiger charge is -2.39. The van der Waals surface area contributed by atoms with Crippen LogP contribution < -0.4 is 16.2 Å². The van der Waals surface area contributed by atoms with E-state index in [-0.39, 0.29) is 36.0 Å². The van der Waals surface area contributed by atoms with Crippen molar-refractivity contribution >= 4 is 28.7 Å². The Hall–Kier alpha value is -4.47. The summed E-state index contributed by atoms with van der Waals surface area (Å²) < 4.78 is 3.29. The summed E-state index contributed by atoms with van der Waals surface area (Å²) in [6.07, 6.45) is 0.360. The van der Waals surface area contributed by atoms with E-state index in [1.807, 2.05) is 39.1 Å². The Kier molecular flexibility index (Phi) is 5.15. The van der Waals surface area contributed by atoms with Gasteiger partial charge in [-0.3, -0.25) is 19.1 Å². The van der Waals surface area contributed by atoms with E-state index in [0.717, 1.165) is 16.5 Å². The lowest BCUT2D eigenvalue weighted by Crippen LogP contribution is -2.45. The molecule has 10 heteroatoms. The second-order valence-corrected chi connectivity index (χ2v) is 9.79. The zero-order chi connectivity index (χ0) is 26.0. The molecule has 10 nitrogen and oxygen atoms in total. The molecule has 0 unspecified atom stereocenters. The van der Waals surface area contributed by atoms with Crippen molar-refractivity contribution in [2.75, 3.05) is 12.4 Å². The van der Waals surface area contributed by atoms with Crippen LogP contribution in [-0.2, 0) is 20.0 Å². The number of amides is 2. The van der Waals surface area contributed by atoms with Crippen molar-refractivity contribution in [3.8, 4) is 5.69 Å². The lowest BCUT2D eigenvalue weighted by molar-refractivity contribution is 0.0616.